The summed E-state index contributed by atoms with van der Waals surface area (Å²) in [7, 11) is 0. The number of hydrogen-bond donors (Lipinski definition) is 1. The summed E-state index contributed by atoms with van der Waals surface area (Å²) in [6.45, 7) is 7.23. The summed E-state index contributed by atoms with van der Waals surface area (Å²) in [6, 6.07) is 0. The maximum atomic E-state index is 12.8. The van der Waals surface area contributed by atoms with Gasteiger partial charge in [-0.15, -0.1) is 11.3 Å². The molecule has 4 rings (SSSR count). The molecule has 2 aliphatic heterocycles. The Bertz CT molecular complexity index is 730. The number of carboxylic acid groups (broad SMARTS) is 1. The summed E-state index contributed by atoms with van der Waals surface area (Å²) in [5.41, 5.74) is 0.137. The molecule has 1 aromatic heterocycles. The van der Waals surface area contributed by atoms with Gasteiger partial charge in [0.1, 0.15) is 5.41 Å². The third-order valence-corrected chi connectivity index (χ3v) is 7.58. The number of likely N-dealkylation sites (tertiary alicyclic amines) is 2. The average molecular weight is 378 g/mol. The van der Waals surface area contributed by atoms with Crippen molar-refractivity contribution >= 4 is 23.2 Å². The van der Waals surface area contributed by atoms with Crippen LogP contribution in [0.2, 0.25) is 0 Å². The van der Waals surface area contributed by atoms with E-state index in [1.165, 1.54) is 19.3 Å². The lowest BCUT2D eigenvalue weighted by Gasteiger charge is -2.31. The van der Waals surface area contributed by atoms with Crippen molar-refractivity contribution in [2.75, 3.05) is 32.7 Å². The maximum absolute atomic E-state index is 12.8. The summed E-state index contributed by atoms with van der Waals surface area (Å²) in [6.07, 6.45) is 4.20. The van der Waals surface area contributed by atoms with E-state index in [4.69, 9.17) is 0 Å². The van der Waals surface area contributed by atoms with E-state index in [0.29, 0.717) is 26.1 Å². The summed E-state index contributed by atoms with van der Waals surface area (Å²) in [5, 5.41) is 10.9. The number of thiazole rings is 1. The summed E-state index contributed by atoms with van der Waals surface area (Å²) in [5.74, 6) is 0.0966. The third-order valence-electron chi connectivity index (χ3n) is 6.51. The summed E-state index contributed by atoms with van der Waals surface area (Å²) < 4.78 is 0. The molecule has 142 valence electrons. The van der Waals surface area contributed by atoms with Gasteiger partial charge in [-0.1, -0.05) is 6.42 Å². The van der Waals surface area contributed by atoms with Crippen molar-refractivity contribution < 1.29 is 14.7 Å². The lowest BCUT2D eigenvalue weighted by molar-refractivity contribution is -0.149. The van der Waals surface area contributed by atoms with E-state index in [9.17, 15) is 14.7 Å². The molecule has 3 aliphatic rings. The summed E-state index contributed by atoms with van der Waals surface area (Å²) >= 11 is 1.56. The third kappa shape index (κ3) is 3.05. The molecule has 26 heavy (non-hydrogen) atoms. The number of hydrogen-bond acceptors (Lipinski definition) is 5. The highest BCUT2D eigenvalue weighted by molar-refractivity contribution is 7.11. The zero-order valence-electron chi connectivity index (χ0n) is 15.5. The van der Waals surface area contributed by atoms with Crippen molar-refractivity contribution in [3.63, 3.8) is 0 Å². The van der Waals surface area contributed by atoms with Gasteiger partial charge in [0.2, 0.25) is 5.91 Å². The number of nitrogens with zero attached hydrogens (tertiary/aromatic N) is 3. The number of aromatic nitrogens is 1. The highest BCUT2D eigenvalue weighted by atomic mass is 32.1. The first-order valence-corrected chi connectivity index (χ1v) is 10.4. The predicted molar refractivity (Wildman–Crippen MR) is 99.2 cm³/mol. The fourth-order valence-electron chi connectivity index (χ4n) is 4.83. The molecule has 1 amide bonds. The maximum Gasteiger partial charge on any atom is 0.313 e. The van der Waals surface area contributed by atoms with E-state index < -0.39 is 11.4 Å². The van der Waals surface area contributed by atoms with Crippen LogP contribution < -0.4 is 0 Å². The van der Waals surface area contributed by atoms with Gasteiger partial charge in [0.15, 0.2) is 0 Å². The van der Waals surface area contributed by atoms with Gasteiger partial charge in [-0.25, -0.2) is 4.98 Å². The van der Waals surface area contributed by atoms with Crippen molar-refractivity contribution in [2.45, 2.75) is 39.5 Å². The number of amides is 1. The van der Waals surface area contributed by atoms with Crippen molar-refractivity contribution in [3.8, 4) is 0 Å². The Balaban J connectivity index is 1.43. The molecule has 1 N–H and O–H groups in total. The molecule has 3 heterocycles. The second-order valence-electron chi connectivity index (χ2n) is 8.34. The molecule has 0 unspecified atom stereocenters. The quantitative estimate of drug-likeness (QED) is 0.849. The highest BCUT2D eigenvalue weighted by Crippen LogP contribution is 2.44. The van der Waals surface area contributed by atoms with Crippen LogP contribution in [0.15, 0.2) is 0 Å². The van der Waals surface area contributed by atoms with Crippen LogP contribution in [0.1, 0.15) is 34.8 Å². The molecule has 0 spiro atoms. The molecule has 0 radical (unpaired) electrons. The Morgan fingerprint density at radius 1 is 1.27 bits per heavy atom. The SMILES string of the molecule is Cc1nc(C)c(CC(=O)N2C[C@H]3CN(CC4CCC4)C[C@@]3(C(=O)O)C2)s1. The van der Waals surface area contributed by atoms with Gasteiger partial charge < -0.3 is 14.9 Å². The Hall–Kier alpha value is -1.47. The fourth-order valence-corrected chi connectivity index (χ4v) is 5.76. The number of carboxylic acids is 1. The average Bonchev–Trinajstić information content (AvgIpc) is 3.14. The number of carbonyl (C=O) groups excluding carboxylic acids is 1. The second-order valence-corrected chi connectivity index (χ2v) is 9.63. The molecule has 2 atom stereocenters. The summed E-state index contributed by atoms with van der Waals surface area (Å²) in [4.78, 5) is 34.4. The van der Waals surface area contributed by atoms with Gasteiger partial charge in [-0.05, 0) is 32.6 Å². The normalized spacial score (nSPS) is 29.0. The van der Waals surface area contributed by atoms with Gasteiger partial charge in [0.05, 0.1) is 17.1 Å². The van der Waals surface area contributed by atoms with E-state index in [1.807, 2.05) is 13.8 Å². The Kier molecular flexibility index (Phi) is 4.55. The van der Waals surface area contributed by atoms with Crippen molar-refractivity contribution in [1.82, 2.24) is 14.8 Å². The van der Waals surface area contributed by atoms with Crippen LogP contribution in [0.4, 0.5) is 0 Å². The highest BCUT2D eigenvalue weighted by Gasteiger charge is 2.58. The first kappa shape index (κ1) is 17.9. The van der Waals surface area contributed by atoms with Gasteiger partial charge in [-0.2, -0.15) is 0 Å². The molecule has 1 aliphatic carbocycles. The first-order chi connectivity index (χ1) is 12.4. The van der Waals surface area contributed by atoms with E-state index in [0.717, 1.165) is 34.6 Å². The largest absolute Gasteiger partial charge is 0.481 e. The molecule has 1 aromatic rings. The van der Waals surface area contributed by atoms with Gasteiger partial charge in [0, 0.05) is 43.5 Å². The van der Waals surface area contributed by atoms with E-state index in [-0.39, 0.29) is 11.8 Å². The van der Waals surface area contributed by atoms with E-state index in [2.05, 4.69) is 9.88 Å². The minimum Gasteiger partial charge on any atom is -0.481 e. The smallest absolute Gasteiger partial charge is 0.313 e. The molecule has 7 heteroatoms. The van der Waals surface area contributed by atoms with Gasteiger partial charge in [0.25, 0.3) is 0 Å². The van der Waals surface area contributed by atoms with Crippen LogP contribution in [0.3, 0.4) is 0 Å². The number of rotatable bonds is 5. The zero-order valence-corrected chi connectivity index (χ0v) is 16.3. The molecule has 0 bridgehead atoms. The molecule has 0 aromatic carbocycles. The van der Waals surface area contributed by atoms with Crippen LogP contribution in [0.5, 0.6) is 0 Å². The molecule has 1 saturated carbocycles. The van der Waals surface area contributed by atoms with Crippen LogP contribution in [0.25, 0.3) is 0 Å². The topological polar surface area (TPSA) is 73.7 Å². The molecular formula is C19H27N3O3S. The molecule has 2 saturated heterocycles. The standard InChI is InChI=1S/C19H27N3O3S/c1-12-16(26-13(2)20-12)6-17(23)22-9-15-8-21(7-14-4-3-5-14)10-19(15,11-22)18(24)25/h14-15H,3-11H2,1-2H3,(H,24,25)/t15-,19-/m1/s1. The molecule has 6 nitrogen and oxygen atoms in total. The van der Waals surface area contributed by atoms with Crippen LogP contribution in [-0.4, -0.2) is 64.5 Å². The monoisotopic (exact) mass is 377 g/mol. The Morgan fingerprint density at radius 3 is 2.58 bits per heavy atom. The van der Waals surface area contributed by atoms with Crippen LogP contribution in [-0.2, 0) is 16.0 Å². The number of fused-ring (bicyclic) bond motifs is 1. The first-order valence-electron chi connectivity index (χ1n) is 9.54. The predicted octanol–water partition coefficient (Wildman–Crippen LogP) is 1.95. The van der Waals surface area contributed by atoms with E-state index >= 15 is 0 Å². The van der Waals surface area contributed by atoms with Gasteiger partial charge in [-0.3, -0.25) is 9.59 Å². The van der Waals surface area contributed by atoms with Crippen LogP contribution in [0, 0.1) is 31.1 Å². The van der Waals surface area contributed by atoms with Crippen molar-refractivity contribution in [2.24, 2.45) is 17.3 Å². The van der Waals surface area contributed by atoms with E-state index in [1.54, 1.807) is 16.2 Å². The zero-order chi connectivity index (χ0) is 18.5. The van der Waals surface area contributed by atoms with Crippen LogP contribution >= 0.6 is 11.3 Å². The van der Waals surface area contributed by atoms with Gasteiger partial charge >= 0.3 is 5.97 Å². The Labute approximate surface area is 158 Å². The Morgan fingerprint density at radius 2 is 2.04 bits per heavy atom. The minimum atomic E-state index is -0.780. The fraction of sp³-hybridized carbons (Fsp3) is 0.737. The number of aliphatic carboxylic acids is 1. The van der Waals surface area contributed by atoms with Crippen molar-refractivity contribution in [3.05, 3.63) is 15.6 Å². The lowest BCUT2D eigenvalue weighted by atomic mass is 9.81. The number of aryl methyl sites for hydroxylation is 2. The minimum absolute atomic E-state index is 0.0392. The number of carbonyl (C=O) groups is 2. The van der Waals surface area contributed by atoms with Crippen molar-refractivity contribution in [1.29, 1.82) is 0 Å². The molecule has 3 fully saturated rings. The lowest BCUT2D eigenvalue weighted by Crippen LogP contribution is -2.43. The second kappa shape index (κ2) is 6.60. The molecular weight excluding hydrogens is 350 g/mol.